The van der Waals surface area contributed by atoms with E-state index in [4.69, 9.17) is 5.73 Å². The van der Waals surface area contributed by atoms with Gasteiger partial charge in [0.2, 0.25) is 0 Å². The number of rotatable bonds is 3. The van der Waals surface area contributed by atoms with Gasteiger partial charge in [-0.1, -0.05) is 11.8 Å². The minimum Gasteiger partial charge on any atom is -0.467 e. The molecule has 0 saturated heterocycles. The van der Waals surface area contributed by atoms with Gasteiger partial charge in [-0.05, 0) is 25.1 Å². The number of esters is 1. The summed E-state index contributed by atoms with van der Waals surface area (Å²) < 4.78 is 18.1. The monoisotopic (exact) mass is 278 g/mol. The summed E-state index contributed by atoms with van der Waals surface area (Å²) in [6.07, 6.45) is 0. The van der Waals surface area contributed by atoms with E-state index in [2.05, 4.69) is 21.9 Å². The highest BCUT2D eigenvalue weighted by atomic mass is 19.1. The van der Waals surface area contributed by atoms with Crippen molar-refractivity contribution in [3.8, 4) is 11.8 Å². The fourth-order valence-corrected chi connectivity index (χ4v) is 1.44. The molecule has 1 aromatic carbocycles. The van der Waals surface area contributed by atoms with Gasteiger partial charge in [0.05, 0.1) is 19.2 Å². The summed E-state index contributed by atoms with van der Waals surface area (Å²) in [4.78, 5) is 23.1. The molecule has 1 atom stereocenters. The zero-order chi connectivity index (χ0) is 15.1. The largest absolute Gasteiger partial charge is 0.467 e. The Morgan fingerprint density at radius 3 is 2.80 bits per heavy atom. The SMILES string of the molecule is COC(=O)C(C)NC(=O)c1cc(C#CCN)ccc1F. The van der Waals surface area contributed by atoms with Crippen LogP contribution in [0.2, 0.25) is 0 Å². The maximum absolute atomic E-state index is 13.6. The van der Waals surface area contributed by atoms with Crippen molar-refractivity contribution in [2.45, 2.75) is 13.0 Å². The summed E-state index contributed by atoms with van der Waals surface area (Å²) in [6, 6.07) is 3.01. The predicted octanol–water partition coefficient (Wildman–Crippen LogP) is 0.427. The molecule has 0 radical (unpaired) electrons. The van der Waals surface area contributed by atoms with E-state index < -0.39 is 23.7 Å². The lowest BCUT2D eigenvalue weighted by Crippen LogP contribution is -2.39. The van der Waals surface area contributed by atoms with Gasteiger partial charge in [0, 0.05) is 5.56 Å². The first kappa shape index (κ1) is 15.7. The van der Waals surface area contributed by atoms with E-state index in [1.807, 2.05) is 0 Å². The molecule has 0 saturated carbocycles. The summed E-state index contributed by atoms with van der Waals surface area (Å²) in [7, 11) is 1.20. The van der Waals surface area contributed by atoms with Crippen LogP contribution in [0.15, 0.2) is 18.2 Å². The summed E-state index contributed by atoms with van der Waals surface area (Å²) >= 11 is 0. The van der Waals surface area contributed by atoms with E-state index in [0.29, 0.717) is 5.56 Å². The molecule has 6 heteroatoms. The minimum atomic E-state index is -0.870. The third-order valence-electron chi connectivity index (χ3n) is 2.45. The van der Waals surface area contributed by atoms with Gasteiger partial charge in [-0.15, -0.1) is 0 Å². The van der Waals surface area contributed by atoms with Crippen molar-refractivity contribution < 1.29 is 18.7 Å². The summed E-state index contributed by atoms with van der Waals surface area (Å²) in [5.74, 6) is 3.29. The molecule has 0 aromatic heterocycles. The number of methoxy groups -OCH3 is 1. The highest BCUT2D eigenvalue weighted by Crippen LogP contribution is 2.10. The molecule has 0 aliphatic heterocycles. The van der Waals surface area contributed by atoms with Crippen molar-refractivity contribution in [2.24, 2.45) is 5.73 Å². The molecule has 0 aliphatic rings. The summed E-state index contributed by atoms with van der Waals surface area (Å²) in [5.41, 5.74) is 5.52. The number of nitrogens with two attached hydrogens (primary N) is 1. The Morgan fingerprint density at radius 1 is 1.50 bits per heavy atom. The number of hydrogen-bond donors (Lipinski definition) is 2. The molecule has 0 fully saturated rings. The molecule has 1 aromatic rings. The van der Waals surface area contributed by atoms with Crippen LogP contribution >= 0.6 is 0 Å². The molecule has 5 nitrogen and oxygen atoms in total. The second-order valence-corrected chi connectivity index (χ2v) is 3.92. The molecule has 0 heterocycles. The predicted molar refractivity (Wildman–Crippen MR) is 71.3 cm³/mol. The van der Waals surface area contributed by atoms with Crippen molar-refractivity contribution in [2.75, 3.05) is 13.7 Å². The molecule has 0 bridgehead atoms. The average Bonchev–Trinajstić information content (AvgIpc) is 2.45. The normalized spacial score (nSPS) is 11.0. The lowest BCUT2D eigenvalue weighted by atomic mass is 10.1. The van der Waals surface area contributed by atoms with E-state index in [9.17, 15) is 14.0 Å². The van der Waals surface area contributed by atoms with E-state index in [-0.39, 0.29) is 12.1 Å². The van der Waals surface area contributed by atoms with Gasteiger partial charge >= 0.3 is 5.97 Å². The second-order valence-electron chi connectivity index (χ2n) is 3.92. The Morgan fingerprint density at radius 2 is 2.20 bits per heavy atom. The molecule has 20 heavy (non-hydrogen) atoms. The van der Waals surface area contributed by atoms with Crippen LogP contribution < -0.4 is 11.1 Å². The fourth-order valence-electron chi connectivity index (χ4n) is 1.44. The number of halogens is 1. The molecule has 106 valence electrons. The van der Waals surface area contributed by atoms with Crippen LogP contribution in [0.4, 0.5) is 4.39 Å². The third kappa shape index (κ3) is 4.07. The van der Waals surface area contributed by atoms with Gasteiger partial charge in [0.15, 0.2) is 0 Å². The number of carbonyl (C=O) groups excluding carboxylic acids is 2. The lowest BCUT2D eigenvalue weighted by molar-refractivity contribution is -0.142. The number of nitrogens with one attached hydrogen (secondary N) is 1. The Balaban J connectivity index is 2.94. The Labute approximate surface area is 116 Å². The van der Waals surface area contributed by atoms with Crippen LogP contribution in [0.1, 0.15) is 22.8 Å². The Bertz CT molecular complexity index is 576. The van der Waals surface area contributed by atoms with Crippen LogP contribution in [0, 0.1) is 17.7 Å². The molecular weight excluding hydrogens is 263 g/mol. The van der Waals surface area contributed by atoms with Gasteiger partial charge in [-0.2, -0.15) is 0 Å². The maximum atomic E-state index is 13.6. The molecule has 1 rings (SSSR count). The first-order valence-electron chi connectivity index (χ1n) is 5.86. The fraction of sp³-hybridized carbons (Fsp3) is 0.286. The van der Waals surface area contributed by atoms with Crippen molar-refractivity contribution >= 4 is 11.9 Å². The number of hydrogen-bond acceptors (Lipinski definition) is 4. The zero-order valence-electron chi connectivity index (χ0n) is 11.2. The highest BCUT2D eigenvalue weighted by Gasteiger charge is 2.19. The van der Waals surface area contributed by atoms with E-state index in [1.54, 1.807) is 0 Å². The average molecular weight is 278 g/mol. The number of ether oxygens (including phenoxy) is 1. The van der Waals surface area contributed by atoms with Gasteiger partial charge < -0.3 is 15.8 Å². The molecular formula is C14H15FN2O3. The van der Waals surface area contributed by atoms with Gasteiger partial charge in [-0.25, -0.2) is 9.18 Å². The van der Waals surface area contributed by atoms with Crippen LogP contribution in [0.5, 0.6) is 0 Å². The van der Waals surface area contributed by atoms with E-state index in [0.717, 1.165) is 6.07 Å². The number of benzene rings is 1. The number of carbonyl (C=O) groups is 2. The Hall–Kier alpha value is -2.39. The first-order valence-corrected chi connectivity index (χ1v) is 5.86. The maximum Gasteiger partial charge on any atom is 0.328 e. The van der Waals surface area contributed by atoms with Crippen LogP contribution in [-0.4, -0.2) is 31.6 Å². The van der Waals surface area contributed by atoms with Crippen molar-refractivity contribution in [3.63, 3.8) is 0 Å². The second kappa shape index (κ2) is 7.26. The highest BCUT2D eigenvalue weighted by molar-refractivity contribution is 5.97. The van der Waals surface area contributed by atoms with E-state index in [1.165, 1.54) is 26.2 Å². The minimum absolute atomic E-state index is 0.165. The van der Waals surface area contributed by atoms with Crippen LogP contribution in [-0.2, 0) is 9.53 Å². The zero-order valence-corrected chi connectivity index (χ0v) is 11.2. The standard InChI is InChI=1S/C14H15FN2O3/c1-9(14(19)20-2)17-13(18)11-8-10(4-3-7-16)5-6-12(11)15/h5-6,8-9H,7,16H2,1-2H3,(H,17,18). The van der Waals surface area contributed by atoms with Gasteiger partial charge in [-0.3, -0.25) is 4.79 Å². The molecule has 0 spiro atoms. The Kier molecular flexibility index (Phi) is 5.69. The molecule has 1 unspecified atom stereocenters. The molecule has 1 amide bonds. The quantitative estimate of drug-likeness (QED) is 0.620. The van der Waals surface area contributed by atoms with Crippen molar-refractivity contribution in [1.29, 1.82) is 0 Å². The lowest BCUT2D eigenvalue weighted by Gasteiger charge is -2.12. The third-order valence-corrected chi connectivity index (χ3v) is 2.45. The van der Waals surface area contributed by atoms with Crippen molar-refractivity contribution in [1.82, 2.24) is 5.32 Å². The van der Waals surface area contributed by atoms with Crippen LogP contribution in [0.3, 0.4) is 0 Å². The number of amides is 1. The van der Waals surface area contributed by atoms with Gasteiger partial charge in [0.1, 0.15) is 11.9 Å². The topological polar surface area (TPSA) is 81.4 Å². The molecule has 3 N–H and O–H groups in total. The van der Waals surface area contributed by atoms with Crippen LogP contribution in [0.25, 0.3) is 0 Å². The molecule has 0 aliphatic carbocycles. The first-order chi connectivity index (χ1) is 9.49. The summed E-state index contributed by atoms with van der Waals surface area (Å²) in [5, 5.41) is 2.34. The smallest absolute Gasteiger partial charge is 0.328 e. The van der Waals surface area contributed by atoms with Crippen molar-refractivity contribution in [3.05, 3.63) is 35.1 Å². The summed E-state index contributed by atoms with van der Waals surface area (Å²) in [6.45, 7) is 1.61. The van der Waals surface area contributed by atoms with E-state index >= 15 is 0 Å². The van der Waals surface area contributed by atoms with Gasteiger partial charge in [0.25, 0.3) is 5.91 Å².